The number of piperazine rings is 1. The van der Waals surface area contributed by atoms with Crippen molar-refractivity contribution in [3.05, 3.63) is 35.6 Å². The van der Waals surface area contributed by atoms with Crippen LogP contribution in [0.4, 0.5) is 9.18 Å². The highest BCUT2D eigenvalue weighted by Gasteiger charge is 2.25. The van der Waals surface area contributed by atoms with Crippen LogP contribution in [0.25, 0.3) is 0 Å². The molecule has 0 aliphatic carbocycles. The average molecular weight is 378 g/mol. The van der Waals surface area contributed by atoms with E-state index in [1.54, 1.807) is 17.0 Å². The first-order valence-corrected chi connectivity index (χ1v) is 9.89. The molecular formula is C20H31FN4O2. The monoisotopic (exact) mass is 378 g/mol. The van der Waals surface area contributed by atoms with Gasteiger partial charge in [0, 0.05) is 51.9 Å². The second-order valence-electron chi connectivity index (χ2n) is 7.56. The number of benzene rings is 1. The Morgan fingerprint density at radius 3 is 2.56 bits per heavy atom. The van der Waals surface area contributed by atoms with Crippen LogP contribution < -0.4 is 5.32 Å². The van der Waals surface area contributed by atoms with E-state index >= 15 is 0 Å². The van der Waals surface area contributed by atoms with Crippen molar-refractivity contribution in [2.45, 2.75) is 26.0 Å². The molecule has 2 saturated heterocycles. The van der Waals surface area contributed by atoms with Crippen LogP contribution in [0, 0.1) is 5.82 Å². The Morgan fingerprint density at radius 1 is 1.19 bits per heavy atom. The minimum Gasteiger partial charge on any atom is -0.370 e. The number of urea groups is 1. The lowest BCUT2D eigenvalue weighted by Crippen LogP contribution is -2.52. The highest BCUT2D eigenvalue weighted by molar-refractivity contribution is 5.74. The molecule has 0 aromatic heterocycles. The molecule has 150 valence electrons. The summed E-state index contributed by atoms with van der Waals surface area (Å²) >= 11 is 0. The molecule has 2 amide bonds. The third-order valence-electron chi connectivity index (χ3n) is 5.44. The van der Waals surface area contributed by atoms with Gasteiger partial charge in [0.2, 0.25) is 0 Å². The summed E-state index contributed by atoms with van der Waals surface area (Å²) in [4.78, 5) is 19.2. The fourth-order valence-corrected chi connectivity index (χ4v) is 3.65. The Morgan fingerprint density at radius 2 is 1.89 bits per heavy atom. The summed E-state index contributed by atoms with van der Waals surface area (Å²) in [5.74, 6) is -0.265. The SMILES string of the molecule is CC(C)N1CCN(CCNC(=O)N2CCOC(c3ccc(F)cc3)C2)CC1. The lowest BCUT2D eigenvalue weighted by molar-refractivity contribution is -0.0155. The van der Waals surface area contributed by atoms with E-state index in [1.807, 2.05) is 0 Å². The lowest BCUT2D eigenvalue weighted by Gasteiger charge is -2.37. The largest absolute Gasteiger partial charge is 0.370 e. The third kappa shape index (κ3) is 5.64. The third-order valence-corrected chi connectivity index (χ3v) is 5.44. The van der Waals surface area contributed by atoms with Crippen LogP contribution in [0.5, 0.6) is 0 Å². The first-order valence-electron chi connectivity index (χ1n) is 9.89. The van der Waals surface area contributed by atoms with Crippen LogP contribution >= 0.6 is 0 Å². The molecule has 2 aliphatic heterocycles. The summed E-state index contributed by atoms with van der Waals surface area (Å²) in [6.45, 7) is 11.9. The molecule has 1 unspecified atom stereocenters. The van der Waals surface area contributed by atoms with Crippen molar-refractivity contribution in [1.29, 1.82) is 0 Å². The van der Waals surface area contributed by atoms with Crippen LogP contribution in [0.1, 0.15) is 25.5 Å². The van der Waals surface area contributed by atoms with Crippen LogP contribution in [0.15, 0.2) is 24.3 Å². The number of hydrogen-bond donors (Lipinski definition) is 1. The number of morpholine rings is 1. The average Bonchev–Trinajstić information content (AvgIpc) is 2.69. The minimum atomic E-state index is -0.265. The zero-order valence-corrected chi connectivity index (χ0v) is 16.4. The van der Waals surface area contributed by atoms with Crippen molar-refractivity contribution >= 4 is 6.03 Å². The number of carbonyl (C=O) groups is 1. The Kier molecular flexibility index (Phi) is 7.04. The number of rotatable bonds is 5. The van der Waals surface area contributed by atoms with Crippen molar-refractivity contribution in [2.75, 3.05) is 59.0 Å². The van der Waals surface area contributed by atoms with Gasteiger partial charge in [-0.15, -0.1) is 0 Å². The summed E-state index contributed by atoms with van der Waals surface area (Å²) in [6.07, 6.45) is -0.200. The number of halogens is 1. The molecule has 1 N–H and O–H groups in total. The molecule has 27 heavy (non-hydrogen) atoms. The molecule has 2 aliphatic rings. The topological polar surface area (TPSA) is 48.0 Å². The molecule has 3 rings (SSSR count). The first kappa shape index (κ1) is 20.0. The van der Waals surface area contributed by atoms with Gasteiger partial charge in [-0.05, 0) is 31.5 Å². The first-order chi connectivity index (χ1) is 13.0. The van der Waals surface area contributed by atoms with E-state index in [0.717, 1.165) is 38.3 Å². The van der Waals surface area contributed by atoms with E-state index in [4.69, 9.17) is 4.74 Å². The smallest absolute Gasteiger partial charge is 0.317 e. The van der Waals surface area contributed by atoms with Gasteiger partial charge in [0.15, 0.2) is 0 Å². The normalized spacial score (nSPS) is 22.2. The Hall–Kier alpha value is -1.70. The Labute approximate surface area is 161 Å². The van der Waals surface area contributed by atoms with Gasteiger partial charge in [-0.25, -0.2) is 9.18 Å². The summed E-state index contributed by atoms with van der Waals surface area (Å²) in [6, 6.07) is 6.85. The second-order valence-corrected chi connectivity index (χ2v) is 7.56. The van der Waals surface area contributed by atoms with E-state index in [0.29, 0.717) is 32.3 Å². The van der Waals surface area contributed by atoms with E-state index < -0.39 is 0 Å². The van der Waals surface area contributed by atoms with Crippen molar-refractivity contribution in [2.24, 2.45) is 0 Å². The summed E-state index contributed by atoms with van der Waals surface area (Å²) in [5.41, 5.74) is 0.900. The number of nitrogens with zero attached hydrogens (tertiary/aromatic N) is 3. The maximum absolute atomic E-state index is 13.1. The zero-order chi connectivity index (χ0) is 19.2. The van der Waals surface area contributed by atoms with Gasteiger partial charge < -0.3 is 15.0 Å². The van der Waals surface area contributed by atoms with Gasteiger partial charge in [-0.3, -0.25) is 9.80 Å². The van der Waals surface area contributed by atoms with E-state index in [1.165, 1.54) is 12.1 Å². The van der Waals surface area contributed by atoms with Crippen LogP contribution in [-0.4, -0.2) is 85.7 Å². The molecule has 2 fully saturated rings. The molecule has 1 atom stereocenters. The van der Waals surface area contributed by atoms with Crippen molar-refractivity contribution in [3.8, 4) is 0 Å². The number of nitrogens with one attached hydrogen (secondary N) is 1. The quantitative estimate of drug-likeness (QED) is 0.851. The summed E-state index contributed by atoms with van der Waals surface area (Å²) in [7, 11) is 0. The van der Waals surface area contributed by atoms with Gasteiger partial charge in [0.1, 0.15) is 11.9 Å². The molecule has 1 aromatic carbocycles. The highest BCUT2D eigenvalue weighted by atomic mass is 19.1. The van der Waals surface area contributed by atoms with Crippen LogP contribution in [0.2, 0.25) is 0 Å². The molecule has 2 heterocycles. The predicted octanol–water partition coefficient (Wildman–Crippen LogP) is 1.93. The van der Waals surface area contributed by atoms with Crippen molar-refractivity contribution < 1.29 is 13.9 Å². The van der Waals surface area contributed by atoms with Crippen LogP contribution in [0.3, 0.4) is 0 Å². The van der Waals surface area contributed by atoms with Crippen molar-refractivity contribution in [3.63, 3.8) is 0 Å². The van der Waals surface area contributed by atoms with Gasteiger partial charge in [0.25, 0.3) is 0 Å². The summed E-state index contributed by atoms with van der Waals surface area (Å²) in [5, 5.41) is 3.03. The summed E-state index contributed by atoms with van der Waals surface area (Å²) < 4.78 is 18.8. The molecule has 7 heteroatoms. The lowest BCUT2D eigenvalue weighted by atomic mass is 10.1. The van der Waals surface area contributed by atoms with Crippen LogP contribution in [-0.2, 0) is 4.74 Å². The van der Waals surface area contributed by atoms with Gasteiger partial charge in [-0.1, -0.05) is 12.1 Å². The fourth-order valence-electron chi connectivity index (χ4n) is 3.65. The molecule has 6 nitrogen and oxygen atoms in total. The van der Waals surface area contributed by atoms with Gasteiger partial charge in [0.05, 0.1) is 13.2 Å². The maximum atomic E-state index is 13.1. The molecule has 0 radical (unpaired) electrons. The van der Waals surface area contributed by atoms with E-state index in [-0.39, 0.29) is 18.0 Å². The Bertz CT molecular complexity index is 603. The highest BCUT2D eigenvalue weighted by Crippen LogP contribution is 2.22. The number of hydrogen-bond acceptors (Lipinski definition) is 4. The molecule has 1 aromatic rings. The van der Waals surface area contributed by atoms with Crippen molar-refractivity contribution in [1.82, 2.24) is 20.0 Å². The fraction of sp³-hybridized carbons (Fsp3) is 0.650. The Balaban J connectivity index is 1.40. The standard InChI is InChI=1S/C20H31FN4O2/c1-16(2)24-11-9-23(10-12-24)8-7-22-20(26)25-13-14-27-19(15-25)17-3-5-18(21)6-4-17/h3-6,16,19H,7-15H2,1-2H3,(H,22,26). The minimum absolute atomic E-state index is 0.0498. The zero-order valence-electron chi connectivity index (χ0n) is 16.4. The molecule has 0 spiro atoms. The second kappa shape index (κ2) is 9.48. The van der Waals surface area contributed by atoms with Gasteiger partial charge >= 0.3 is 6.03 Å². The number of amides is 2. The van der Waals surface area contributed by atoms with E-state index in [9.17, 15) is 9.18 Å². The molecular weight excluding hydrogens is 347 g/mol. The van der Waals surface area contributed by atoms with Gasteiger partial charge in [-0.2, -0.15) is 0 Å². The predicted molar refractivity (Wildman–Crippen MR) is 103 cm³/mol. The molecule has 0 saturated carbocycles. The maximum Gasteiger partial charge on any atom is 0.317 e. The number of carbonyl (C=O) groups excluding carboxylic acids is 1. The van der Waals surface area contributed by atoms with E-state index in [2.05, 4.69) is 29.0 Å². The number of ether oxygens (including phenoxy) is 1. The molecule has 0 bridgehead atoms.